The molecule has 3 heterocycles. The summed E-state index contributed by atoms with van der Waals surface area (Å²) in [5.74, 6) is -0.00154. The number of imidazole rings is 1. The zero-order chi connectivity index (χ0) is 26.4. The number of aliphatic hydroxyl groups excluding tert-OH is 1. The number of para-hydroxylation sites is 2. The van der Waals surface area contributed by atoms with Crippen molar-refractivity contribution in [3.63, 3.8) is 0 Å². The number of Topliss-reactive ketones (excluding diaryl/α,β-unsaturated/α-hetero) is 1. The summed E-state index contributed by atoms with van der Waals surface area (Å²) in [6.45, 7) is 0.777. The van der Waals surface area contributed by atoms with Crippen molar-refractivity contribution in [3.05, 3.63) is 77.4 Å². The minimum Gasteiger partial charge on any atom is -0.507 e. The molecule has 1 unspecified atom stereocenters. The Hall–Kier alpha value is -4.99. The van der Waals surface area contributed by atoms with Gasteiger partial charge in [0.05, 0.1) is 36.9 Å². The highest BCUT2D eigenvalue weighted by atomic mass is 16.6. The van der Waals surface area contributed by atoms with Crippen molar-refractivity contribution in [2.24, 2.45) is 0 Å². The van der Waals surface area contributed by atoms with Gasteiger partial charge in [-0.3, -0.25) is 14.5 Å². The van der Waals surface area contributed by atoms with E-state index in [9.17, 15) is 14.7 Å². The summed E-state index contributed by atoms with van der Waals surface area (Å²) in [7, 11) is 3.01. The maximum Gasteiger partial charge on any atom is 0.302 e. The standard InChI is InChI=1S/C28H23N3O7/c1-35-19-9-7-15(13-21(19)36-2)24-23(25(32)16-8-10-20-22(14-16)38-12-11-37-20)26(33)27(34)31(24)28-29-17-5-3-4-6-18(17)30-28/h3-10,13-14,24,32H,11-12H2,1-2H3,(H,29,30)/b25-23+. The average molecular weight is 514 g/mol. The van der Waals surface area contributed by atoms with Gasteiger partial charge in [0.15, 0.2) is 23.0 Å². The lowest BCUT2D eigenvalue weighted by molar-refractivity contribution is -0.132. The van der Waals surface area contributed by atoms with Crippen LogP contribution in [0.4, 0.5) is 5.95 Å². The van der Waals surface area contributed by atoms with E-state index in [2.05, 4.69) is 9.97 Å². The van der Waals surface area contributed by atoms with E-state index in [0.717, 1.165) is 0 Å². The summed E-state index contributed by atoms with van der Waals surface area (Å²) < 4.78 is 22.1. The fourth-order valence-electron chi connectivity index (χ4n) is 4.79. The first-order valence-corrected chi connectivity index (χ1v) is 11.9. The van der Waals surface area contributed by atoms with E-state index >= 15 is 0 Å². The van der Waals surface area contributed by atoms with Gasteiger partial charge in [0.25, 0.3) is 5.78 Å². The van der Waals surface area contributed by atoms with Crippen LogP contribution in [0.1, 0.15) is 17.2 Å². The molecule has 0 saturated carbocycles. The van der Waals surface area contributed by atoms with Gasteiger partial charge in [-0.1, -0.05) is 18.2 Å². The van der Waals surface area contributed by atoms with E-state index in [1.807, 2.05) is 18.2 Å². The Bertz CT molecular complexity index is 1590. The Morgan fingerprint density at radius 2 is 1.74 bits per heavy atom. The van der Waals surface area contributed by atoms with Crippen LogP contribution in [-0.4, -0.2) is 54.2 Å². The molecule has 2 N–H and O–H groups in total. The third kappa shape index (κ3) is 3.69. The molecule has 10 heteroatoms. The number of methoxy groups -OCH3 is 2. The molecule has 38 heavy (non-hydrogen) atoms. The number of fused-ring (bicyclic) bond motifs is 2. The van der Waals surface area contributed by atoms with Crippen LogP contribution in [0.3, 0.4) is 0 Å². The third-order valence-corrected chi connectivity index (χ3v) is 6.59. The monoisotopic (exact) mass is 513 g/mol. The summed E-state index contributed by atoms with van der Waals surface area (Å²) in [4.78, 5) is 35.9. The molecular weight excluding hydrogens is 490 g/mol. The first-order chi connectivity index (χ1) is 18.5. The van der Waals surface area contributed by atoms with Crippen LogP contribution >= 0.6 is 0 Å². The SMILES string of the molecule is COc1ccc(C2/C(=C(\O)c3ccc4c(c3)OCCO4)C(=O)C(=O)N2c2nc3ccccc3[nH]2)cc1OC. The number of hydrogen-bond donors (Lipinski definition) is 2. The molecule has 192 valence electrons. The molecule has 6 rings (SSSR count). The maximum absolute atomic E-state index is 13.5. The van der Waals surface area contributed by atoms with Crippen molar-refractivity contribution in [2.75, 3.05) is 32.3 Å². The quantitative estimate of drug-likeness (QED) is 0.233. The van der Waals surface area contributed by atoms with Crippen LogP contribution in [0.2, 0.25) is 0 Å². The van der Waals surface area contributed by atoms with Crippen LogP contribution in [0, 0.1) is 0 Å². The molecular formula is C28H23N3O7. The largest absolute Gasteiger partial charge is 0.507 e. The summed E-state index contributed by atoms with van der Waals surface area (Å²) >= 11 is 0. The van der Waals surface area contributed by atoms with E-state index in [0.29, 0.717) is 58.4 Å². The first kappa shape index (κ1) is 23.4. The topological polar surface area (TPSA) is 123 Å². The normalized spacial score (nSPS) is 18.2. The number of anilines is 1. The van der Waals surface area contributed by atoms with Crippen molar-refractivity contribution in [3.8, 4) is 23.0 Å². The van der Waals surface area contributed by atoms with Gasteiger partial charge in [-0.2, -0.15) is 0 Å². The number of H-pyrrole nitrogens is 1. The molecule has 0 bridgehead atoms. The summed E-state index contributed by atoms with van der Waals surface area (Å²) in [5.41, 5.74) is 2.05. The molecule has 2 aliphatic rings. The minimum absolute atomic E-state index is 0.0978. The number of hydrogen-bond acceptors (Lipinski definition) is 8. The highest BCUT2D eigenvalue weighted by Gasteiger charge is 2.48. The number of benzene rings is 3. The predicted octanol–water partition coefficient (Wildman–Crippen LogP) is 3.98. The van der Waals surface area contributed by atoms with Crippen LogP contribution in [0.15, 0.2) is 66.2 Å². The lowest BCUT2D eigenvalue weighted by Gasteiger charge is -2.24. The summed E-state index contributed by atoms with van der Waals surface area (Å²) in [6.07, 6.45) is 0. The van der Waals surface area contributed by atoms with Gasteiger partial charge in [0.1, 0.15) is 19.0 Å². The summed E-state index contributed by atoms with van der Waals surface area (Å²) in [5, 5.41) is 11.5. The number of aromatic amines is 1. The molecule has 0 aliphatic carbocycles. The zero-order valence-electron chi connectivity index (χ0n) is 20.6. The number of ether oxygens (including phenoxy) is 4. The number of rotatable bonds is 5. The van der Waals surface area contributed by atoms with Gasteiger partial charge in [-0.05, 0) is 48.0 Å². The number of nitrogens with zero attached hydrogens (tertiary/aromatic N) is 2. The van der Waals surface area contributed by atoms with Gasteiger partial charge >= 0.3 is 5.91 Å². The number of carbonyl (C=O) groups excluding carboxylic acids is 2. The molecule has 0 radical (unpaired) electrons. The number of amides is 1. The highest BCUT2D eigenvalue weighted by Crippen LogP contribution is 2.44. The van der Waals surface area contributed by atoms with Crippen LogP contribution in [-0.2, 0) is 9.59 Å². The minimum atomic E-state index is -1.01. The molecule has 0 spiro atoms. The van der Waals surface area contributed by atoms with Crippen LogP contribution in [0.5, 0.6) is 23.0 Å². The molecule has 10 nitrogen and oxygen atoms in total. The van der Waals surface area contributed by atoms with E-state index < -0.39 is 17.7 Å². The lowest BCUT2D eigenvalue weighted by atomic mass is 9.95. The maximum atomic E-state index is 13.5. The molecule has 3 aromatic carbocycles. The smallest absolute Gasteiger partial charge is 0.302 e. The van der Waals surface area contributed by atoms with E-state index in [-0.39, 0.29) is 17.3 Å². The Labute approximate surface area is 217 Å². The molecule has 1 amide bonds. The second-order valence-electron chi connectivity index (χ2n) is 8.72. The van der Waals surface area contributed by atoms with Gasteiger partial charge < -0.3 is 29.0 Å². The number of aliphatic hydroxyl groups is 1. The Morgan fingerprint density at radius 3 is 2.50 bits per heavy atom. The number of aromatic nitrogens is 2. The molecule has 4 aromatic rings. The predicted molar refractivity (Wildman–Crippen MR) is 138 cm³/mol. The highest BCUT2D eigenvalue weighted by molar-refractivity contribution is 6.51. The van der Waals surface area contributed by atoms with Gasteiger partial charge in [-0.25, -0.2) is 4.98 Å². The van der Waals surface area contributed by atoms with Gasteiger partial charge in [-0.15, -0.1) is 0 Å². The average Bonchev–Trinajstić information content (AvgIpc) is 3.50. The third-order valence-electron chi connectivity index (χ3n) is 6.59. The molecule has 1 atom stereocenters. The second-order valence-corrected chi connectivity index (χ2v) is 8.72. The lowest BCUT2D eigenvalue weighted by Crippen LogP contribution is -2.30. The van der Waals surface area contributed by atoms with E-state index in [4.69, 9.17) is 18.9 Å². The Kier molecular flexibility index (Phi) is 5.64. The number of carbonyl (C=O) groups is 2. The second kappa shape index (κ2) is 9.15. The van der Waals surface area contributed by atoms with E-state index in [1.165, 1.54) is 19.1 Å². The molecule has 2 aliphatic heterocycles. The fraction of sp³-hybridized carbons (Fsp3) is 0.179. The first-order valence-electron chi connectivity index (χ1n) is 11.9. The Balaban J connectivity index is 1.56. The fourth-order valence-corrected chi connectivity index (χ4v) is 4.79. The number of ketones is 1. The number of nitrogens with one attached hydrogen (secondary N) is 1. The van der Waals surface area contributed by atoms with Crippen molar-refractivity contribution >= 4 is 34.4 Å². The van der Waals surface area contributed by atoms with Crippen molar-refractivity contribution in [1.29, 1.82) is 0 Å². The van der Waals surface area contributed by atoms with Crippen LogP contribution in [0.25, 0.3) is 16.8 Å². The van der Waals surface area contributed by atoms with Gasteiger partial charge in [0, 0.05) is 5.56 Å². The molecule has 1 fully saturated rings. The van der Waals surface area contributed by atoms with Crippen molar-refractivity contribution in [2.45, 2.75) is 6.04 Å². The summed E-state index contributed by atoms with van der Waals surface area (Å²) in [6, 6.07) is 16.2. The molecule has 1 saturated heterocycles. The van der Waals surface area contributed by atoms with E-state index in [1.54, 1.807) is 42.5 Å². The zero-order valence-corrected chi connectivity index (χ0v) is 20.6. The van der Waals surface area contributed by atoms with Crippen molar-refractivity contribution in [1.82, 2.24) is 9.97 Å². The van der Waals surface area contributed by atoms with Crippen molar-refractivity contribution < 1.29 is 33.6 Å². The van der Waals surface area contributed by atoms with Gasteiger partial charge in [0.2, 0.25) is 5.95 Å². The molecule has 1 aromatic heterocycles. The Morgan fingerprint density at radius 1 is 0.974 bits per heavy atom. The van der Waals surface area contributed by atoms with Crippen LogP contribution < -0.4 is 23.8 Å².